The molecule has 6 nitrogen and oxygen atoms in total. The van der Waals surface area contributed by atoms with E-state index in [0.29, 0.717) is 25.9 Å². The number of nitrogens with zero attached hydrogens (tertiary/aromatic N) is 1. The van der Waals surface area contributed by atoms with Gasteiger partial charge >= 0.3 is 0 Å². The fourth-order valence-corrected chi connectivity index (χ4v) is 7.24. The molecule has 5 aliphatic rings. The van der Waals surface area contributed by atoms with E-state index in [-0.39, 0.29) is 52.8 Å². The molecule has 2 aliphatic carbocycles. The van der Waals surface area contributed by atoms with Crippen LogP contribution < -0.4 is 4.72 Å². The largest absolute Gasteiger partial charge is 0.377 e. The molecule has 2 aromatic rings. The summed E-state index contributed by atoms with van der Waals surface area (Å²) in [6.45, 7) is 1.90. The summed E-state index contributed by atoms with van der Waals surface area (Å²) in [7, 11) is -3.57. The van der Waals surface area contributed by atoms with Crippen molar-refractivity contribution in [1.29, 1.82) is 0 Å². The Morgan fingerprint density at radius 1 is 1.17 bits per heavy atom. The van der Waals surface area contributed by atoms with Gasteiger partial charge in [0, 0.05) is 23.7 Å². The summed E-state index contributed by atoms with van der Waals surface area (Å²) >= 11 is 0. The van der Waals surface area contributed by atoms with Crippen molar-refractivity contribution in [2.24, 2.45) is 11.3 Å². The summed E-state index contributed by atoms with van der Waals surface area (Å²) in [6, 6.07) is 6.27. The molecule has 3 saturated heterocycles. The molecule has 4 atom stereocenters. The Balaban J connectivity index is 1.35. The first-order valence-electron chi connectivity index (χ1n) is 12.3. The first-order valence-corrected chi connectivity index (χ1v) is 13.9. The number of hydrogen-bond donors (Lipinski definition) is 1. The Kier molecular flexibility index (Phi) is 5.51. The highest BCUT2D eigenvalue weighted by Crippen LogP contribution is 2.56. The van der Waals surface area contributed by atoms with Gasteiger partial charge in [0.1, 0.15) is 17.5 Å². The molecule has 7 rings (SSSR count). The summed E-state index contributed by atoms with van der Waals surface area (Å²) < 4.78 is 76.8. The molecule has 10 heteroatoms. The van der Waals surface area contributed by atoms with Crippen LogP contribution in [0.5, 0.6) is 0 Å². The lowest BCUT2D eigenvalue weighted by Gasteiger charge is -2.41. The van der Waals surface area contributed by atoms with Crippen molar-refractivity contribution in [1.82, 2.24) is 9.62 Å². The number of piperidine rings is 1. The lowest BCUT2D eigenvalue weighted by Crippen LogP contribution is -2.56. The molecular weight excluding hydrogens is 493 g/mol. The van der Waals surface area contributed by atoms with Gasteiger partial charge in [-0.25, -0.2) is 26.3 Å². The van der Waals surface area contributed by atoms with Gasteiger partial charge in [-0.15, -0.1) is 0 Å². The molecule has 5 fully saturated rings. The number of halogens is 3. The average molecular weight is 521 g/mol. The Morgan fingerprint density at radius 2 is 1.89 bits per heavy atom. The van der Waals surface area contributed by atoms with E-state index in [4.69, 9.17) is 4.74 Å². The summed E-state index contributed by atoms with van der Waals surface area (Å²) in [5, 5.41) is 0. The number of hydrogen-bond acceptors (Lipinski definition) is 4. The van der Waals surface area contributed by atoms with Gasteiger partial charge in [0.05, 0.1) is 29.9 Å². The lowest BCUT2D eigenvalue weighted by molar-refractivity contribution is -0.146. The quantitative estimate of drug-likeness (QED) is 0.608. The van der Waals surface area contributed by atoms with E-state index in [9.17, 15) is 22.0 Å². The molecule has 2 saturated carbocycles. The number of benzene rings is 2. The lowest BCUT2D eigenvalue weighted by atomic mass is 9.69. The second-order valence-electron chi connectivity index (χ2n) is 10.6. The van der Waals surface area contributed by atoms with Crippen molar-refractivity contribution < 1.29 is 31.1 Å². The zero-order valence-electron chi connectivity index (χ0n) is 19.7. The third-order valence-corrected chi connectivity index (χ3v) is 9.68. The molecule has 1 amide bonds. The minimum absolute atomic E-state index is 0.0292. The Bertz CT molecular complexity index is 1320. The molecule has 0 spiro atoms. The predicted octanol–water partition coefficient (Wildman–Crippen LogP) is 3.40. The van der Waals surface area contributed by atoms with E-state index in [2.05, 4.69) is 4.72 Å². The van der Waals surface area contributed by atoms with Crippen molar-refractivity contribution in [2.45, 2.75) is 56.8 Å². The van der Waals surface area contributed by atoms with E-state index in [0.717, 1.165) is 18.2 Å². The minimum atomic E-state index is -3.57. The fourth-order valence-electron chi connectivity index (χ4n) is 6.32. The minimum Gasteiger partial charge on any atom is -0.377 e. The third kappa shape index (κ3) is 3.85. The van der Waals surface area contributed by atoms with Crippen LogP contribution in [0.1, 0.15) is 31.7 Å². The highest BCUT2D eigenvalue weighted by Gasteiger charge is 2.66. The van der Waals surface area contributed by atoms with Crippen LogP contribution in [0.2, 0.25) is 0 Å². The topological polar surface area (TPSA) is 75.7 Å². The van der Waals surface area contributed by atoms with Gasteiger partial charge < -0.3 is 9.64 Å². The SMILES string of the molecule is CCS(=O)(=O)N[C@@H]1[C@H]2C[C@H]2N(C(=O)C23COC(C2)C3)[C@@H]1Cc1cccc(-c2cc(F)cc(F)c2)c1F. The summed E-state index contributed by atoms with van der Waals surface area (Å²) in [6.07, 6.45) is 2.19. The van der Waals surface area contributed by atoms with E-state index in [1.165, 1.54) is 6.07 Å². The van der Waals surface area contributed by atoms with E-state index in [1.54, 1.807) is 24.0 Å². The van der Waals surface area contributed by atoms with E-state index >= 15 is 4.39 Å². The molecule has 36 heavy (non-hydrogen) atoms. The Labute approximate surface area is 207 Å². The zero-order chi connectivity index (χ0) is 25.4. The normalized spacial score (nSPS) is 32.3. The predicted molar refractivity (Wildman–Crippen MR) is 126 cm³/mol. The van der Waals surface area contributed by atoms with Gasteiger partial charge in [0.2, 0.25) is 15.9 Å². The van der Waals surface area contributed by atoms with Crippen LogP contribution in [0.3, 0.4) is 0 Å². The number of fused-ring (bicyclic) bond motifs is 2. The number of likely N-dealkylation sites (tertiary alicyclic amines) is 1. The van der Waals surface area contributed by atoms with Crippen LogP contribution in [0.25, 0.3) is 11.1 Å². The molecule has 0 aromatic heterocycles. The van der Waals surface area contributed by atoms with Crippen LogP contribution in [-0.4, -0.2) is 55.8 Å². The highest BCUT2D eigenvalue weighted by atomic mass is 32.2. The standard InChI is InChI=1S/C26H27F3N2O4S/c1-2-36(33,34)30-24-20-10-21(20)31(25(32)26-11-18(12-26)35-13-26)22(24)8-14-4-3-5-19(23(14)29)15-6-16(27)9-17(28)7-15/h3-7,9,18,20-22,24,30H,2,8,10-13H2,1H3/t18?,20-,21+,22+,24+,26?/m0/s1. The second-order valence-corrected chi connectivity index (χ2v) is 12.6. The Morgan fingerprint density at radius 3 is 2.53 bits per heavy atom. The second kappa shape index (κ2) is 8.29. The molecule has 3 aliphatic heterocycles. The maximum Gasteiger partial charge on any atom is 0.231 e. The highest BCUT2D eigenvalue weighted by molar-refractivity contribution is 7.89. The number of ether oxygens (including phenoxy) is 1. The molecule has 2 bridgehead atoms. The van der Waals surface area contributed by atoms with Gasteiger partial charge in [-0.1, -0.05) is 18.2 Å². The number of nitrogens with one attached hydrogen (secondary N) is 1. The van der Waals surface area contributed by atoms with Gasteiger partial charge in [0.15, 0.2) is 0 Å². The van der Waals surface area contributed by atoms with Crippen molar-refractivity contribution >= 4 is 15.9 Å². The zero-order valence-corrected chi connectivity index (χ0v) is 20.5. The van der Waals surface area contributed by atoms with Crippen molar-refractivity contribution in [3.05, 3.63) is 59.4 Å². The molecule has 3 heterocycles. The van der Waals surface area contributed by atoms with Crippen LogP contribution >= 0.6 is 0 Å². The van der Waals surface area contributed by atoms with Gasteiger partial charge in [-0.2, -0.15) is 0 Å². The number of carbonyl (C=O) groups is 1. The molecular formula is C26H27F3N2O4S. The smallest absolute Gasteiger partial charge is 0.231 e. The van der Waals surface area contributed by atoms with Crippen molar-refractivity contribution in [2.75, 3.05) is 12.4 Å². The molecule has 0 unspecified atom stereocenters. The molecule has 2 aromatic carbocycles. The third-order valence-electron chi connectivity index (χ3n) is 8.29. The van der Waals surface area contributed by atoms with Crippen LogP contribution in [0.15, 0.2) is 36.4 Å². The van der Waals surface area contributed by atoms with Gasteiger partial charge in [-0.3, -0.25) is 4.79 Å². The molecule has 0 radical (unpaired) electrons. The van der Waals surface area contributed by atoms with E-state index < -0.39 is 45.0 Å². The number of sulfonamides is 1. The number of amides is 1. The monoisotopic (exact) mass is 520 g/mol. The van der Waals surface area contributed by atoms with Crippen molar-refractivity contribution in [3.63, 3.8) is 0 Å². The molecule has 1 N–H and O–H groups in total. The fraction of sp³-hybridized carbons (Fsp3) is 0.500. The molecule has 192 valence electrons. The van der Waals surface area contributed by atoms with Crippen molar-refractivity contribution in [3.8, 4) is 11.1 Å². The van der Waals surface area contributed by atoms with Crippen LogP contribution in [0, 0.1) is 28.8 Å². The summed E-state index contributed by atoms with van der Waals surface area (Å²) in [5.41, 5.74) is -0.204. The maximum absolute atomic E-state index is 15.7. The Hall–Kier alpha value is -2.43. The van der Waals surface area contributed by atoms with Crippen LogP contribution in [-0.2, 0) is 26.0 Å². The van der Waals surface area contributed by atoms with Crippen LogP contribution in [0.4, 0.5) is 13.2 Å². The summed E-state index contributed by atoms with van der Waals surface area (Å²) in [4.78, 5) is 15.5. The first kappa shape index (κ1) is 23.9. The summed E-state index contributed by atoms with van der Waals surface area (Å²) in [5.74, 6) is -2.44. The van der Waals surface area contributed by atoms with E-state index in [1.807, 2.05) is 0 Å². The maximum atomic E-state index is 15.7. The number of rotatable bonds is 7. The first-order chi connectivity index (χ1) is 17.1. The average Bonchev–Trinajstić information content (AvgIpc) is 3.15. The van der Waals surface area contributed by atoms with Gasteiger partial charge in [0.25, 0.3) is 0 Å². The van der Waals surface area contributed by atoms with Gasteiger partial charge in [-0.05, 0) is 61.8 Å². The number of carbonyl (C=O) groups excluding carboxylic acids is 1.